The molecule has 2 N–H and O–H groups in total. The molecule has 2 aromatic rings. The van der Waals surface area contributed by atoms with Crippen molar-refractivity contribution < 1.29 is 18.8 Å². The maximum absolute atomic E-state index is 13.7. The minimum Gasteiger partial charge on any atom is -0.393 e. The Morgan fingerprint density at radius 3 is 3.11 bits per heavy atom. The van der Waals surface area contributed by atoms with E-state index in [1.54, 1.807) is 0 Å². The van der Waals surface area contributed by atoms with Crippen molar-refractivity contribution in [2.45, 2.75) is 12.3 Å². The van der Waals surface area contributed by atoms with Gasteiger partial charge in [0.05, 0.1) is 6.61 Å². The fourth-order valence-corrected chi connectivity index (χ4v) is 2.06. The average molecular weight is 272 g/mol. The number of hydrogen-bond donors (Lipinski definition) is 2. The van der Waals surface area contributed by atoms with Gasteiger partial charge in [0, 0.05) is 0 Å². The van der Waals surface area contributed by atoms with Gasteiger partial charge in [-0.25, -0.2) is 9.37 Å². The Bertz CT molecular complexity index is 629. The molecular weight excluding hydrogens is 263 g/mol. The van der Waals surface area contributed by atoms with E-state index in [9.17, 15) is 4.39 Å². The number of aliphatic hydroxyl groups excluding tert-OH is 1. The number of aromatic nitrogens is 4. The van der Waals surface area contributed by atoms with Crippen molar-refractivity contribution >= 4 is 22.8 Å². The maximum atomic E-state index is 13.7. The highest BCUT2D eigenvalue weighted by Gasteiger charge is 2.33. The Morgan fingerprint density at radius 2 is 2.39 bits per heavy atom. The molecule has 94 valence electrons. The summed E-state index contributed by atoms with van der Waals surface area (Å²) in [6.07, 6.45) is 2.43. The standard InChI is InChI=1S/C10H8ClFN4O2/c11-8-7-9(14-3-13-8)16(4-15-7)10-6(12)1-5(2-17)18-10/h1,3-5,10,17H,2H2/p+1/t5-,10+/m1/s1. The van der Waals surface area contributed by atoms with Gasteiger partial charge in [-0.1, -0.05) is 16.6 Å². The number of H-pyrrole nitrogens is 1. The molecule has 0 unspecified atom stereocenters. The van der Waals surface area contributed by atoms with Gasteiger partial charge in [0.2, 0.25) is 11.7 Å². The first-order chi connectivity index (χ1) is 8.70. The van der Waals surface area contributed by atoms with Gasteiger partial charge >= 0.3 is 5.65 Å². The lowest BCUT2D eigenvalue weighted by Gasteiger charge is -2.10. The second-order valence-electron chi connectivity index (χ2n) is 3.80. The third-order valence-electron chi connectivity index (χ3n) is 2.69. The Morgan fingerprint density at radius 1 is 1.56 bits per heavy atom. The second-order valence-corrected chi connectivity index (χ2v) is 4.16. The summed E-state index contributed by atoms with van der Waals surface area (Å²) >= 11 is 5.88. The molecule has 0 amide bonds. The number of nitrogens with zero attached hydrogens (tertiary/aromatic N) is 3. The third kappa shape index (κ3) is 1.67. The Labute approximate surface area is 106 Å². The number of ether oxygens (including phenoxy) is 1. The van der Waals surface area contributed by atoms with Crippen molar-refractivity contribution in [1.82, 2.24) is 15.0 Å². The summed E-state index contributed by atoms with van der Waals surface area (Å²) < 4.78 is 20.5. The number of rotatable bonds is 2. The molecule has 8 heteroatoms. The van der Waals surface area contributed by atoms with Gasteiger partial charge in [-0.3, -0.25) is 4.98 Å². The van der Waals surface area contributed by atoms with Gasteiger partial charge < -0.3 is 9.84 Å². The van der Waals surface area contributed by atoms with Crippen molar-refractivity contribution in [3.63, 3.8) is 0 Å². The maximum Gasteiger partial charge on any atom is 0.308 e. The summed E-state index contributed by atoms with van der Waals surface area (Å²) in [5.41, 5.74) is 0.935. The topological polar surface area (TPSA) is 74.9 Å². The number of aromatic amines is 1. The van der Waals surface area contributed by atoms with Crippen LogP contribution in [0.1, 0.15) is 6.23 Å². The van der Waals surface area contributed by atoms with E-state index in [0.29, 0.717) is 11.2 Å². The lowest BCUT2D eigenvalue weighted by atomic mass is 10.3. The van der Waals surface area contributed by atoms with Gasteiger partial charge in [-0.2, -0.15) is 4.57 Å². The largest absolute Gasteiger partial charge is 0.393 e. The van der Waals surface area contributed by atoms with Crippen molar-refractivity contribution in [3.8, 4) is 0 Å². The monoisotopic (exact) mass is 271 g/mol. The van der Waals surface area contributed by atoms with E-state index in [0.717, 1.165) is 0 Å². The SMILES string of the molecule is OC[C@H]1C=C(F)[C@@H]([n+]2c[nH]c3c(Cl)ncnc32)O1. The first kappa shape index (κ1) is 11.5. The zero-order valence-corrected chi connectivity index (χ0v) is 9.80. The first-order valence-electron chi connectivity index (χ1n) is 5.23. The van der Waals surface area contributed by atoms with Crippen LogP contribution in [0.4, 0.5) is 4.39 Å². The molecule has 0 bridgehead atoms. The number of fused-ring (bicyclic) bond motifs is 1. The summed E-state index contributed by atoms with van der Waals surface area (Å²) in [7, 11) is 0. The van der Waals surface area contributed by atoms with Crippen LogP contribution in [0.25, 0.3) is 11.2 Å². The fraction of sp³-hybridized carbons (Fsp3) is 0.300. The molecule has 2 atom stereocenters. The lowest BCUT2D eigenvalue weighted by molar-refractivity contribution is -0.732. The van der Waals surface area contributed by atoms with E-state index in [1.807, 2.05) is 0 Å². The molecule has 3 rings (SSSR count). The van der Waals surface area contributed by atoms with E-state index >= 15 is 0 Å². The molecule has 18 heavy (non-hydrogen) atoms. The Kier molecular flexibility index (Phi) is 2.73. The lowest BCUT2D eigenvalue weighted by Crippen LogP contribution is -2.40. The molecule has 0 saturated heterocycles. The van der Waals surface area contributed by atoms with Crippen molar-refractivity contribution in [1.29, 1.82) is 0 Å². The molecule has 0 aliphatic carbocycles. The van der Waals surface area contributed by atoms with Crippen LogP contribution in [0.3, 0.4) is 0 Å². The number of aliphatic hydroxyl groups is 1. The molecule has 0 aromatic carbocycles. The van der Waals surface area contributed by atoms with Crippen LogP contribution in [-0.4, -0.2) is 32.8 Å². The van der Waals surface area contributed by atoms with Crippen molar-refractivity contribution in [2.75, 3.05) is 6.61 Å². The summed E-state index contributed by atoms with van der Waals surface area (Å²) in [4.78, 5) is 10.7. The predicted octanol–water partition coefficient (Wildman–Crippen LogP) is 0.642. The highest BCUT2D eigenvalue weighted by molar-refractivity contribution is 6.33. The molecule has 1 aliphatic heterocycles. The summed E-state index contributed by atoms with van der Waals surface area (Å²) in [5.74, 6) is -0.477. The molecule has 0 spiro atoms. The highest BCUT2D eigenvalue weighted by atomic mass is 35.5. The fourth-order valence-electron chi connectivity index (χ4n) is 1.87. The second kappa shape index (κ2) is 4.27. The van der Waals surface area contributed by atoms with Gasteiger partial charge in [0.1, 0.15) is 6.10 Å². The molecule has 3 heterocycles. The van der Waals surface area contributed by atoms with Crippen LogP contribution in [0, 0.1) is 0 Å². The quantitative estimate of drug-likeness (QED) is 0.621. The first-order valence-corrected chi connectivity index (χ1v) is 5.60. The van der Waals surface area contributed by atoms with Gasteiger partial charge in [0.15, 0.2) is 23.6 Å². The van der Waals surface area contributed by atoms with E-state index in [4.69, 9.17) is 21.4 Å². The van der Waals surface area contributed by atoms with E-state index in [1.165, 1.54) is 23.3 Å². The summed E-state index contributed by atoms with van der Waals surface area (Å²) in [6.45, 7) is -0.275. The Balaban J connectivity index is 2.06. The molecule has 1 aliphatic rings. The predicted molar refractivity (Wildman–Crippen MR) is 59.3 cm³/mol. The average Bonchev–Trinajstić information content (AvgIpc) is 2.93. The van der Waals surface area contributed by atoms with Crippen LogP contribution in [0.5, 0.6) is 0 Å². The summed E-state index contributed by atoms with van der Waals surface area (Å²) in [5, 5.41) is 9.21. The van der Waals surface area contributed by atoms with Crippen LogP contribution in [-0.2, 0) is 4.74 Å². The van der Waals surface area contributed by atoms with Crippen molar-refractivity contribution in [3.05, 3.63) is 29.7 Å². The van der Waals surface area contributed by atoms with E-state index < -0.39 is 18.2 Å². The van der Waals surface area contributed by atoms with E-state index in [2.05, 4.69) is 15.0 Å². The summed E-state index contributed by atoms with van der Waals surface area (Å²) in [6, 6.07) is 0. The van der Waals surface area contributed by atoms with Crippen LogP contribution < -0.4 is 4.57 Å². The third-order valence-corrected chi connectivity index (χ3v) is 2.98. The molecule has 2 aromatic heterocycles. The molecular formula is C10H9ClFN4O2+. The zero-order chi connectivity index (χ0) is 12.7. The molecule has 0 radical (unpaired) electrons. The molecule has 0 saturated carbocycles. The van der Waals surface area contributed by atoms with Crippen LogP contribution in [0.15, 0.2) is 24.6 Å². The minimum atomic E-state index is -0.943. The van der Waals surface area contributed by atoms with Crippen molar-refractivity contribution in [2.24, 2.45) is 0 Å². The number of halogens is 2. The zero-order valence-electron chi connectivity index (χ0n) is 9.05. The Hall–Kier alpha value is -1.57. The normalized spacial score (nSPS) is 23.6. The van der Waals surface area contributed by atoms with Gasteiger partial charge in [-0.15, -0.1) is 0 Å². The minimum absolute atomic E-state index is 0.250. The molecule has 0 fully saturated rings. The molecule has 6 nitrogen and oxygen atoms in total. The smallest absolute Gasteiger partial charge is 0.308 e. The van der Waals surface area contributed by atoms with Crippen LogP contribution in [0.2, 0.25) is 5.15 Å². The number of imidazole rings is 1. The van der Waals surface area contributed by atoms with Gasteiger partial charge in [-0.05, 0) is 6.08 Å². The number of hydrogen-bond acceptors (Lipinski definition) is 4. The number of nitrogens with one attached hydrogen (secondary N) is 1. The van der Waals surface area contributed by atoms with E-state index in [-0.39, 0.29) is 11.8 Å². The highest BCUT2D eigenvalue weighted by Crippen LogP contribution is 2.26. The van der Waals surface area contributed by atoms with Gasteiger partial charge in [0.25, 0.3) is 0 Å². The van der Waals surface area contributed by atoms with Crippen LogP contribution >= 0.6 is 11.6 Å².